The second kappa shape index (κ2) is 6.65. The maximum atomic E-state index is 9.53. The summed E-state index contributed by atoms with van der Waals surface area (Å²) in [5, 5.41) is 9.53. The second-order valence-corrected chi connectivity index (χ2v) is 6.46. The Hall–Kier alpha value is -1.29. The average molecular weight is 300 g/mol. The van der Waals surface area contributed by atoms with Gasteiger partial charge in [-0.2, -0.15) is 0 Å². The van der Waals surface area contributed by atoms with Gasteiger partial charge in [0.15, 0.2) is 0 Å². The highest BCUT2D eigenvalue weighted by Gasteiger charge is 2.20. The van der Waals surface area contributed by atoms with Crippen molar-refractivity contribution >= 4 is 11.8 Å². The van der Waals surface area contributed by atoms with Crippen molar-refractivity contribution in [2.24, 2.45) is 0 Å². The topological polar surface area (TPSA) is 29.5 Å². The van der Waals surface area contributed by atoms with E-state index in [0.29, 0.717) is 0 Å². The first kappa shape index (κ1) is 14.6. The molecule has 0 fully saturated rings. The van der Waals surface area contributed by atoms with Crippen LogP contribution in [-0.4, -0.2) is 17.5 Å². The van der Waals surface area contributed by atoms with Crippen LogP contribution in [0.1, 0.15) is 35.8 Å². The van der Waals surface area contributed by atoms with Crippen LogP contribution < -0.4 is 0 Å². The van der Waals surface area contributed by atoms with Crippen LogP contribution in [-0.2, 0) is 11.2 Å². The number of rotatable bonds is 4. The minimum Gasteiger partial charge on any atom is -0.389 e. The lowest BCUT2D eigenvalue weighted by atomic mass is 9.99. The zero-order valence-electron chi connectivity index (χ0n) is 12.2. The normalized spacial score (nSPS) is 19.0. The van der Waals surface area contributed by atoms with Crippen LogP contribution in [0.2, 0.25) is 0 Å². The van der Waals surface area contributed by atoms with E-state index in [-0.39, 0.29) is 6.10 Å². The van der Waals surface area contributed by atoms with Gasteiger partial charge >= 0.3 is 0 Å². The van der Waals surface area contributed by atoms with Crippen molar-refractivity contribution in [3.05, 3.63) is 65.2 Å². The number of benzene rings is 2. The number of ether oxygens (including phenoxy) is 1. The van der Waals surface area contributed by atoms with E-state index in [4.69, 9.17) is 4.74 Å². The third-order valence-corrected chi connectivity index (χ3v) is 4.93. The Morgan fingerprint density at radius 3 is 2.71 bits per heavy atom. The monoisotopic (exact) mass is 300 g/mol. The molecule has 0 spiro atoms. The van der Waals surface area contributed by atoms with Crippen molar-refractivity contribution < 1.29 is 9.84 Å². The lowest BCUT2D eigenvalue weighted by molar-refractivity contribution is 0.0588. The molecule has 1 aliphatic heterocycles. The molecule has 2 nitrogen and oxygen atoms in total. The van der Waals surface area contributed by atoms with Gasteiger partial charge in [-0.3, -0.25) is 0 Å². The Morgan fingerprint density at radius 1 is 1.19 bits per heavy atom. The number of aliphatic hydroxyl groups excluding tert-OH is 1. The zero-order valence-corrected chi connectivity index (χ0v) is 13.0. The third kappa shape index (κ3) is 3.49. The van der Waals surface area contributed by atoms with E-state index in [2.05, 4.69) is 36.4 Å². The fourth-order valence-electron chi connectivity index (χ4n) is 2.63. The molecule has 0 saturated heterocycles. The smallest absolute Gasteiger partial charge is 0.0921 e. The zero-order chi connectivity index (χ0) is 14.7. The highest BCUT2D eigenvalue weighted by molar-refractivity contribution is 7.99. The molecule has 2 atom stereocenters. The summed E-state index contributed by atoms with van der Waals surface area (Å²) in [6.45, 7) is 2.60. The molecular formula is C18H20O2S. The maximum absolute atomic E-state index is 9.53. The molecule has 1 heterocycles. The molecule has 0 bridgehead atoms. The molecule has 0 aliphatic carbocycles. The van der Waals surface area contributed by atoms with E-state index < -0.39 is 6.10 Å². The molecule has 0 saturated carbocycles. The Labute approximate surface area is 130 Å². The van der Waals surface area contributed by atoms with Crippen molar-refractivity contribution in [3.63, 3.8) is 0 Å². The first-order valence-electron chi connectivity index (χ1n) is 7.34. The molecule has 2 aromatic carbocycles. The van der Waals surface area contributed by atoms with E-state index in [1.54, 1.807) is 18.7 Å². The summed E-state index contributed by atoms with van der Waals surface area (Å²) in [4.78, 5) is 1.21. The fraction of sp³-hybridized carbons (Fsp3) is 0.333. The number of aliphatic hydroxyl groups is 1. The van der Waals surface area contributed by atoms with Crippen LogP contribution >= 0.6 is 11.8 Å². The lowest BCUT2D eigenvalue weighted by Crippen LogP contribution is -2.17. The molecule has 2 aromatic rings. The minimum absolute atomic E-state index is 0.177. The van der Waals surface area contributed by atoms with Gasteiger partial charge in [-0.15, -0.1) is 11.8 Å². The number of hydrogen-bond donors (Lipinski definition) is 1. The summed E-state index contributed by atoms with van der Waals surface area (Å²) >= 11 is 1.80. The van der Waals surface area contributed by atoms with Gasteiger partial charge in [0.05, 0.1) is 18.8 Å². The summed E-state index contributed by atoms with van der Waals surface area (Å²) in [6, 6.07) is 16.7. The van der Waals surface area contributed by atoms with Crippen LogP contribution in [0.4, 0.5) is 0 Å². The van der Waals surface area contributed by atoms with Gasteiger partial charge in [-0.05, 0) is 42.2 Å². The molecule has 3 heteroatoms. The first-order valence-corrected chi connectivity index (χ1v) is 8.33. The Kier molecular flexibility index (Phi) is 4.63. The van der Waals surface area contributed by atoms with Crippen LogP contribution in [0.5, 0.6) is 0 Å². The van der Waals surface area contributed by atoms with E-state index in [9.17, 15) is 5.11 Å². The predicted octanol–water partition coefficient (Wildman–Crippen LogP) is 4.15. The highest BCUT2D eigenvalue weighted by atomic mass is 32.2. The first-order chi connectivity index (χ1) is 10.2. The van der Waals surface area contributed by atoms with E-state index >= 15 is 0 Å². The van der Waals surface area contributed by atoms with Gasteiger partial charge < -0.3 is 9.84 Å². The molecular weight excluding hydrogens is 280 g/mol. The standard InChI is InChI=1S/C18H20O2S/c1-13(19)14-6-8-16(9-7-14)21-12-18-17-5-3-2-4-15(17)10-11-20-18/h2-9,13,18-19H,10-12H2,1H3. The van der Waals surface area contributed by atoms with Crippen LogP contribution in [0.3, 0.4) is 0 Å². The Morgan fingerprint density at radius 2 is 1.95 bits per heavy atom. The van der Waals surface area contributed by atoms with E-state index in [1.807, 2.05) is 12.1 Å². The van der Waals surface area contributed by atoms with Gasteiger partial charge in [0.2, 0.25) is 0 Å². The van der Waals surface area contributed by atoms with Gasteiger partial charge in [0, 0.05) is 10.6 Å². The fourth-order valence-corrected chi connectivity index (χ4v) is 3.58. The maximum Gasteiger partial charge on any atom is 0.0921 e. The lowest BCUT2D eigenvalue weighted by Gasteiger charge is -2.25. The van der Waals surface area contributed by atoms with Crippen molar-refractivity contribution in [2.45, 2.75) is 30.4 Å². The SMILES string of the molecule is CC(O)c1ccc(SCC2OCCc3ccccc32)cc1. The Bertz CT molecular complexity index is 592. The molecule has 110 valence electrons. The molecule has 1 aliphatic rings. The minimum atomic E-state index is -0.405. The summed E-state index contributed by atoms with van der Waals surface area (Å²) in [6.07, 6.45) is 0.787. The number of hydrogen-bond acceptors (Lipinski definition) is 3. The van der Waals surface area contributed by atoms with Crippen molar-refractivity contribution in [2.75, 3.05) is 12.4 Å². The number of thioether (sulfide) groups is 1. The number of fused-ring (bicyclic) bond motifs is 1. The predicted molar refractivity (Wildman–Crippen MR) is 86.6 cm³/mol. The summed E-state index contributed by atoms with van der Waals surface area (Å²) in [7, 11) is 0. The summed E-state index contributed by atoms with van der Waals surface area (Å²) in [5.74, 6) is 0.922. The van der Waals surface area contributed by atoms with E-state index in [0.717, 1.165) is 24.3 Å². The highest BCUT2D eigenvalue weighted by Crippen LogP contribution is 2.32. The quantitative estimate of drug-likeness (QED) is 0.860. The van der Waals surface area contributed by atoms with Crippen molar-refractivity contribution in [1.29, 1.82) is 0 Å². The van der Waals surface area contributed by atoms with Crippen LogP contribution in [0.15, 0.2) is 53.4 Å². The van der Waals surface area contributed by atoms with Crippen LogP contribution in [0.25, 0.3) is 0 Å². The van der Waals surface area contributed by atoms with Gasteiger partial charge in [-0.1, -0.05) is 36.4 Å². The molecule has 2 unspecified atom stereocenters. The van der Waals surface area contributed by atoms with Crippen molar-refractivity contribution in [1.82, 2.24) is 0 Å². The van der Waals surface area contributed by atoms with Gasteiger partial charge in [0.25, 0.3) is 0 Å². The Balaban J connectivity index is 1.66. The molecule has 3 rings (SSSR count). The van der Waals surface area contributed by atoms with Gasteiger partial charge in [0.1, 0.15) is 0 Å². The van der Waals surface area contributed by atoms with E-state index in [1.165, 1.54) is 16.0 Å². The third-order valence-electron chi connectivity index (χ3n) is 3.86. The molecule has 21 heavy (non-hydrogen) atoms. The van der Waals surface area contributed by atoms with Crippen LogP contribution in [0, 0.1) is 0 Å². The molecule has 0 aromatic heterocycles. The van der Waals surface area contributed by atoms with Crippen molar-refractivity contribution in [3.8, 4) is 0 Å². The second-order valence-electron chi connectivity index (χ2n) is 5.36. The largest absolute Gasteiger partial charge is 0.389 e. The molecule has 1 N–H and O–H groups in total. The average Bonchev–Trinajstić information content (AvgIpc) is 2.53. The summed E-state index contributed by atoms with van der Waals surface area (Å²) in [5.41, 5.74) is 3.70. The summed E-state index contributed by atoms with van der Waals surface area (Å²) < 4.78 is 5.93. The molecule has 0 radical (unpaired) electrons. The molecule has 0 amide bonds. The van der Waals surface area contributed by atoms with Gasteiger partial charge in [-0.25, -0.2) is 0 Å².